The fourth-order valence-electron chi connectivity index (χ4n) is 3.09. The molecule has 1 aromatic heterocycles. The number of hydrogen-bond donors (Lipinski definition) is 6. The van der Waals surface area contributed by atoms with E-state index in [1.807, 2.05) is 0 Å². The van der Waals surface area contributed by atoms with Crippen LogP contribution in [0.5, 0.6) is 0 Å². The van der Waals surface area contributed by atoms with E-state index in [1.54, 1.807) is 4.98 Å². The third-order valence-corrected chi connectivity index (χ3v) is 4.77. The highest BCUT2D eigenvalue weighted by Gasteiger charge is 2.47. The Balaban J connectivity index is 1.69. The van der Waals surface area contributed by atoms with E-state index in [-0.39, 0.29) is 0 Å². The second-order valence-electron chi connectivity index (χ2n) is 6.70. The van der Waals surface area contributed by atoms with Crippen LogP contribution >= 0.6 is 0 Å². The van der Waals surface area contributed by atoms with Crippen LogP contribution < -0.4 is 11.2 Å². The van der Waals surface area contributed by atoms with Crippen molar-refractivity contribution in [3.63, 3.8) is 0 Å². The molecule has 2 saturated heterocycles. The Labute approximate surface area is 156 Å². The second kappa shape index (κ2) is 7.96. The first-order valence-electron chi connectivity index (χ1n) is 8.45. The van der Waals surface area contributed by atoms with Crippen molar-refractivity contribution < 1.29 is 44.1 Å². The number of aromatic amines is 1. The van der Waals surface area contributed by atoms with Gasteiger partial charge in [-0.2, -0.15) is 4.39 Å². The van der Waals surface area contributed by atoms with Gasteiger partial charge in [0.1, 0.15) is 36.6 Å². The third-order valence-electron chi connectivity index (χ3n) is 4.77. The van der Waals surface area contributed by atoms with E-state index in [2.05, 4.69) is 0 Å². The van der Waals surface area contributed by atoms with Crippen molar-refractivity contribution in [2.45, 2.75) is 62.2 Å². The summed E-state index contributed by atoms with van der Waals surface area (Å²) in [5.74, 6) is -1.29. The fourth-order valence-corrected chi connectivity index (χ4v) is 3.09. The van der Waals surface area contributed by atoms with Crippen LogP contribution in [-0.2, 0) is 14.2 Å². The molecule has 0 spiro atoms. The lowest BCUT2D eigenvalue weighted by molar-refractivity contribution is -0.298. The van der Waals surface area contributed by atoms with E-state index in [4.69, 9.17) is 14.2 Å². The molecule has 6 N–H and O–H groups in total. The minimum absolute atomic E-state index is 0.438. The topological polar surface area (TPSA) is 184 Å². The Morgan fingerprint density at radius 2 is 1.75 bits per heavy atom. The van der Waals surface area contributed by atoms with E-state index in [9.17, 15) is 39.5 Å². The Bertz CT molecular complexity index is 815. The summed E-state index contributed by atoms with van der Waals surface area (Å²) < 4.78 is 29.9. The third kappa shape index (κ3) is 3.75. The maximum absolute atomic E-state index is 13.5. The van der Waals surface area contributed by atoms with Crippen molar-refractivity contribution in [2.75, 3.05) is 6.61 Å². The second-order valence-corrected chi connectivity index (χ2v) is 6.70. The molecule has 0 aromatic carbocycles. The number of H-pyrrole nitrogens is 1. The lowest BCUT2D eigenvalue weighted by atomic mass is 10.00. The van der Waals surface area contributed by atoms with Gasteiger partial charge in [0, 0.05) is 0 Å². The molecule has 0 aliphatic carbocycles. The van der Waals surface area contributed by atoms with Gasteiger partial charge in [-0.15, -0.1) is 0 Å². The number of aliphatic hydroxyl groups is 5. The number of ether oxygens (including phenoxy) is 3. The zero-order chi connectivity index (χ0) is 20.7. The number of nitrogens with zero attached hydrogens (tertiary/aromatic N) is 1. The van der Waals surface area contributed by atoms with Gasteiger partial charge in [-0.25, -0.2) is 4.79 Å². The minimum Gasteiger partial charge on any atom is -0.388 e. The summed E-state index contributed by atoms with van der Waals surface area (Å²) in [5, 5.41) is 49.5. The van der Waals surface area contributed by atoms with Crippen LogP contribution in [0.4, 0.5) is 4.39 Å². The van der Waals surface area contributed by atoms with Crippen molar-refractivity contribution >= 4 is 0 Å². The summed E-state index contributed by atoms with van der Waals surface area (Å²) in [6.07, 6.45) is -12.0. The molecule has 3 heterocycles. The highest BCUT2D eigenvalue weighted by Crippen LogP contribution is 2.29. The predicted molar refractivity (Wildman–Crippen MR) is 85.5 cm³/mol. The molecule has 0 amide bonds. The summed E-state index contributed by atoms with van der Waals surface area (Å²) in [7, 11) is 0. The minimum atomic E-state index is -1.65. The van der Waals surface area contributed by atoms with Gasteiger partial charge < -0.3 is 39.7 Å². The van der Waals surface area contributed by atoms with Crippen LogP contribution in [0.15, 0.2) is 15.8 Å². The first-order valence-corrected chi connectivity index (χ1v) is 8.45. The predicted octanol–water partition coefficient (Wildman–Crippen LogP) is -3.86. The number of aliphatic hydroxyl groups excluding tert-OH is 5. The van der Waals surface area contributed by atoms with Crippen molar-refractivity contribution in [2.24, 2.45) is 0 Å². The molecule has 0 saturated carbocycles. The van der Waals surface area contributed by atoms with Gasteiger partial charge in [0.2, 0.25) is 5.82 Å². The Morgan fingerprint density at radius 1 is 1.07 bits per heavy atom. The number of nitrogens with one attached hydrogen (secondary N) is 1. The van der Waals surface area contributed by atoms with Crippen LogP contribution in [0.1, 0.15) is 13.2 Å². The lowest BCUT2D eigenvalue weighted by Crippen LogP contribution is -2.57. The highest BCUT2D eigenvalue weighted by atomic mass is 19.1. The maximum Gasteiger partial charge on any atom is 0.330 e. The van der Waals surface area contributed by atoms with Crippen molar-refractivity contribution in [1.82, 2.24) is 9.55 Å². The van der Waals surface area contributed by atoms with E-state index in [1.165, 1.54) is 6.92 Å². The SMILES string of the molecule is C[C@@H]1O[C@@H](OC[C@H]2O[C@@H](n3cc(F)c(=O)[nH]c3=O)[C@H](O)[C@@H]2O)[C@@H](O)[C@H](O)[C@@H]1O. The molecule has 2 fully saturated rings. The van der Waals surface area contributed by atoms with E-state index < -0.39 is 78.9 Å². The highest BCUT2D eigenvalue weighted by molar-refractivity contribution is 4.95. The van der Waals surface area contributed by atoms with Crippen LogP contribution in [0.2, 0.25) is 0 Å². The smallest absolute Gasteiger partial charge is 0.330 e. The molecule has 158 valence electrons. The first-order chi connectivity index (χ1) is 13.1. The van der Waals surface area contributed by atoms with Crippen molar-refractivity contribution in [3.05, 3.63) is 32.9 Å². The summed E-state index contributed by atoms with van der Waals surface area (Å²) in [5.41, 5.74) is -2.30. The molecule has 28 heavy (non-hydrogen) atoms. The van der Waals surface area contributed by atoms with Crippen molar-refractivity contribution in [3.8, 4) is 0 Å². The normalized spacial score (nSPS) is 41.3. The standard InChI is InChI=1S/C15H21FN2O10/c1-4-7(19)9(21)11(23)14(27-4)26-3-6-8(20)10(22)13(28-6)18-2-5(16)12(24)17-15(18)25/h2,4,6-11,13-14,19-23H,3H2,1H3,(H,17,24,25)/t4-,6+,7+,8+,9+,10+,11-,13+,14+/m0/s1. The lowest BCUT2D eigenvalue weighted by Gasteiger charge is -2.39. The molecule has 0 radical (unpaired) electrons. The van der Waals surface area contributed by atoms with Gasteiger partial charge in [0.15, 0.2) is 12.5 Å². The van der Waals surface area contributed by atoms with Gasteiger partial charge in [0.25, 0.3) is 5.56 Å². The van der Waals surface area contributed by atoms with Gasteiger partial charge in [-0.3, -0.25) is 14.3 Å². The molecule has 9 atom stereocenters. The zero-order valence-corrected chi connectivity index (χ0v) is 14.6. The van der Waals surface area contributed by atoms with Gasteiger partial charge in [0.05, 0.1) is 18.9 Å². The van der Waals surface area contributed by atoms with Crippen LogP contribution in [0.25, 0.3) is 0 Å². The van der Waals surface area contributed by atoms with E-state index >= 15 is 0 Å². The molecule has 0 unspecified atom stereocenters. The average Bonchev–Trinajstić information content (AvgIpc) is 2.93. The Morgan fingerprint density at radius 3 is 2.43 bits per heavy atom. The largest absolute Gasteiger partial charge is 0.388 e. The molecule has 12 nitrogen and oxygen atoms in total. The van der Waals surface area contributed by atoms with Gasteiger partial charge >= 0.3 is 5.69 Å². The van der Waals surface area contributed by atoms with Crippen LogP contribution in [-0.4, -0.2) is 90.7 Å². The number of hydrogen-bond acceptors (Lipinski definition) is 10. The molecular formula is C15H21FN2O10. The number of rotatable bonds is 4. The molecule has 13 heteroatoms. The summed E-state index contributed by atoms with van der Waals surface area (Å²) in [6.45, 7) is 1.01. The molecule has 2 aliphatic rings. The molecule has 0 bridgehead atoms. The van der Waals surface area contributed by atoms with E-state index in [0.717, 1.165) is 0 Å². The Hall–Kier alpha value is -1.71. The van der Waals surface area contributed by atoms with Gasteiger partial charge in [-0.05, 0) is 6.92 Å². The average molecular weight is 408 g/mol. The molecule has 2 aliphatic heterocycles. The first kappa shape index (κ1) is 21.0. The zero-order valence-electron chi connectivity index (χ0n) is 14.6. The Kier molecular flexibility index (Phi) is 5.97. The molecule has 3 rings (SSSR count). The number of halogens is 1. The van der Waals surface area contributed by atoms with E-state index in [0.29, 0.717) is 10.8 Å². The monoisotopic (exact) mass is 408 g/mol. The van der Waals surface area contributed by atoms with Crippen LogP contribution in [0, 0.1) is 5.82 Å². The summed E-state index contributed by atoms with van der Waals surface area (Å²) in [4.78, 5) is 24.6. The molecule has 1 aromatic rings. The molecular weight excluding hydrogens is 387 g/mol. The van der Waals surface area contributed by atoms with Gasteiger partial charge in [-0.1, -0.05) is 0 Å². The quantitative estimate of drug-likeness (QED) is 0.288. The van der Waals surface area contributed by atoms with Crippen molar-refractivity contribution in [1.29, 1.82) is 0 Å². The summed E-state index contributed by atoms with van der Waals surface area (Å²) in [6, 6.07) is 0. The maximum atomic E-state index is 13.5. The van der Waals surface area contributed by atoms with Crippen LogP contribution in [0.3, 0.4) is 0 Å². The summed E-state index contributed by atoms with van der Waals surface area (Å²) >= 11 is 0. The number of aromatic nitrogens is 2. The fraction of sp³-hybridized carbons (Fsp3) is 0.733.